The predicted molar refractivity (Wildman–Crippen MR) is 108 cm³/mol. The van der Waals surface area contributed by atoms with Crippen molar-refractivity contribution in [1.29, 1.82) is 5.26 Å². The summed E-state index contributed by atoms with van der Waals surface area (Å²) in [7, 11) is 0. The van der Waals surface area contributed by atoms with E-state index in [2.05, 4.69) is 37.1 Å². The molecule has 0 unspecified atom stereocenters. The SMILES string of the molecule is CC(=O)c1cc(C#N)c(SCC(=O)Nc2ccccc2C(C)(C)C)nc1C. The molecule has 0 saturated heterocycles. The molecule has 0 aliphatic heterocycles. The van der Waals surface area contributed by atoms with Gasteiger partial charge in [0, 0.05) is 16.9 Å². The van der Waals surface area contributed by atoms with Gasteiger partial charge in [-0.05, 0) is 37.0 Å². The summed E-state index contributed by atoms with van der Waals surface area (Å²) in [6.45, 7) is 9.44. The molecule has 6 heteroatoms. The van der Waals surface area contributed by atoms with E-state index in [1.54, 1.807) is 13.0 Å². The molecule has 0 bridgehead atoms. The lowest BCUT2D eigenvalue weighted by Crippen LogP contribution is -2.20. The van der Waals surface area contributed by atoms with Crippen molar-refractivity contribution >= 4 is 29.1 Å². The molecule has 0 aliphatic rings. The van der Waals surface area contributed by atoms with Crippen LogP contribution in [0.3, 0.4) is 0 Å². The lowest BCUT2D eigenvalue weighted by atomic mass is 9.86. The maximum absolute atomic E-state index is 12.4. The molecular weight excluding hydrogens is 358 g/mol. The Labute approximate surface area is 164 Å². The number of nitrogens with one attached hydrogen (secondary N) is 1. The van der Waals surface area contributed by atoms with Crippen LogP contribution < -0.4 is 5.32 Å². The van der Waals surface area contributed by atoms with Crippen molar-refractivity contribution in [2.45, 2.75) is 45.1 Å². The Morgan fingerprint density at radius 1 is 1.26 bits per heavy atom. The number of rotatable bonds is 5. The molecule has 1 heterocycles. The highest BCUT2D eigenvalue weighted by molar-refractivity contribution is 8.00. The number of carbonyl (C=O) groups is 2. The number of ketones is 1. The summed E-state index contributed by atoms with van der Waals surface area (Å²) < 4.78 is 0. The maximum atomic E-state index is 12.4. The van der Waals surface area contributed by atoms with Crippen molar-refractivity contribution in [1.82, 2.24) is 4.98 Å². The molecular formula is C21H23N3O2S. The number of hydrogen-bond acceptors (Lipinski definition) is 5. The monoisotopic (exact) mass is 381 g/mol. The number of amides is 1. The second kappa shape index (κ2) is 8.36. The van der Waals surface area contributed by atoms with Gasteiger partial charge in [-0.1, -0.05) is 50.7 Å². The normalized spacial score (nSPS) is 11.0. The lowest BCUT2D eigenvalue weighted by molar-refractivity contribution is -0.113. The standard InChI is InChI=1S/C21H23N3O2S/c1-13-16(14(2)25)10-15(11-22)20(23-13)27-12-19(26)24-18-9-7-6-8-17(18)21(3,4)5/h6-10H,12H2,1-5H3,(H,24,26). The number of hydrogen-bond donors (Lipinski definition) is 1. The van der Waals surface area contributed by atoms with Crippen molar-refractivity contribution in [3.63, 3.8) is 0 Å². The first-order chi connectivity index (χ1) is 12.6. The highest BCUT2D eigenvalue weighted by Crippen LogP contribution is 2.29. The molecule has 1 aromatic carbocycles. The number of aromatic nitrogens is 1. The second-order valence-corrected chi connectivity index (χ2v) is 8.24. The third-order valence-corrected chi connectivity index (χ3v) is 5.02. The number of anilines is 1. The molecule has 0 saturated carbocycles. The summed E-state index contributed by atoms with van der Waals surface area (Å²) in [4.78, 5) is 28.4. The average molecular weight is 382 g/mol. The molecule has 27 heavy (non-hydrogen) atoms. The molecule has 140 valence electrons. The predicted octanol–water partition coefficient (Wildman–Crippen LogP) is 4.49. The first-order valence-corrected chi connectivity index (χ1v) is 9.57. The molecule has 0 fully saturated rings. The van der Waals surface area contributed by atoms with Crippen LogP contribution in [-0.4, -0.2) is 22.4 Å². The summed E-state index contributed by atoms with van der Waals surface area (Å²) in [5, 5.41) is 12.7. The minimum Gasteiger partial charge on any atom is -0.325 e. The first kappa shape index (κ1) is 20.7. The average Bonchev–Trinajstić information content (AvgIpc) is 2.59. The number of pyridine rings is 1. The number of carbonyl (C=O) groups excluding carboxylic acids is 2. The van der Waals surface area contributed by atoms with Gasteiger partial charge in [0.1, 0.15) is 11.1 Å². The highest BCUT2D eigenvalue weighted by Gasteiger charge is 2.19. The number of Topliss-reactive ketones (excluding diaryl/α,β-unsaturated/α-hetero) is 1. The number of thioether (sulfide) groups is 1. The summed E-state index contributed by atoms with van der Waals surface area (Å²) in [6.07, 6.45) is 0. The van der Waals surface area contributed by atoms with Gasteiger partial charge in [0.2, 0.25) is 5.91 Å². The zero-order valence-corrected chi connectivity index (χ0v) is 17.0. The van der Waals surface area contributed by atoms with Gasteiger partial charge in [0.05, 0.1) is 11.3 Å². The second-order valence-electron chi connectivity index (χ2n) is 7.27. The Morgan fingerprint density at radius 2 is 1.93 bits per heavy atom. The number of aryl methyl sites for hydroxylation is 1. The topological polar surface area (TPSA) is 82.8 Å². The Balaban J connectivity index is 2.15. The summed E-state index contributed by atoms with van der Waals surface area (Å²) >= 11 is 1.19. The van der Waals surface area contributed by atoms with Gasteiger partial charge in [0.25, 0.3) is 0 Å². The minimum atomic E-state index is -0.171. The molecule has 5 nitrogen and oxygen atoms in total. The van der Waals surface area contributed by atoms with Crippen LogP contribution in [0.1, 0.15) is 54.9 Å². The van der Waals surface area contributed by atoms with Crippen molar-refractivity contribution in [2.75, 3.05) is 11.1 Å². The zero-order chi connectivity index (χ0) is 20.2. The Kier molecular flexibility index (Phi) is 6.40. The van der Waals surface area contributed by atoms with Crippen molar-refractivity contribution in [3.05, 3.63) is 52.7 Å². The number of nitrogens with zero attached hydrogens (tertiary/aromatic N) is 2. The fourth-order valence-electron chi connectivity index (χ4n) is 2.70. The van der Waals surface area contributed by atoms with Crippen molar-refractivity contribution < 1.29 is 9.59 Å². The zero-order valence-electron chi connectivity index (χ0n) is 16.2. The van der Waals surface area contributed by atoms with Crippen LogP contribution in [0, 0.1) is 18.3 Å². The van der Waals surface area contributed by atoms with E-state index in [1.807, 2.05) is 24.3 Å². The van der Waals surface area contributed by atoms with Crippen LogP contribution in [0.4, 0.5) is 5.69 Å². The summed E-state index contributed by atoms with van der Waals surface area (Å²) in [5.74, 6) is -0.181. The smallest absolute Gasteiger partial charge is 0.234 e. The van der Waals surface area contributed by atoms with Crippen LogP contribution in [0.5, 0.6) is 0 Å². The number of benzene rings is 1. The van der Waals surface area contributed by atoms with Gasteiger partial charge >= 0.3 is 0 Å². The Morgan fingerprint density at radius 3 is 2.52 bits per heavy atom. The largest absolute Gasteiger partial charge is 0.325 e. The third-order valence-electron chi connectivity index (χ3n) is 4.03. The quantitative estimate of drug-likeness (QED) is 0.609. The first-order valence-electron chi connectivity index (χ1n) is 8.58. The summed E-state index contributed by atoms with van der Waals surface area (Å²) in [5.41, 5.74) is 3.04. The number of para-hydroxylation sites is 1. The van der Waals surface area contributed by atoms with Crippen LogP contribution in [0.15, 0.2) is 35.4 Å². The van der Waals surface area contributed by atoms with E-state index in [4.69, 9.17) is 0 Å². The Bertz CT molecular complexity index is 924. The van der Waals surface area contributed by atoms with E-state index in [-0.39, 0.29) is 22.9 Å². The van der Waals surface area contributed by atoms with Crippen LogP contribution in [0.2, 0.25) is 0 Å². The van der Waals surface area contributed by atoms with Crippen LogP contribution >= 0.6 is 11.8 Å². The van der Waals surface area contributed by atoms with E-state index in [1.165, 1.54) is 18.7 Å². The third kappa shape index (κ3) is 5.18. The molecule has 2 aromatic rings. The number of nitriles is 1. The van der Waals surface area contributed by atoms with Crippen molar-refractivity contribution in [2.24, 2.45) is 0 Å². The van der Waals surface area contributed by atoms with Gasteiger partial charge < -0.3 is 5.32 Å². The highest BCUT2D eigenvalue weighted by atomic mass is 32.2. The van der Waals surface area contributed by atoms with E-state index < -0.39 is 0 Å². The fourth-order valence-corrected chi connectivity index (χ4v) is 3.50. The van der Waals surface area contributed by atoms with Crippen LogP contribution in [0.25, 0.3) is 0 Å². The molecule has 2 rings (SSSR count). The van der Waals surface area contributed by atoms with E-state index in [0.29, 0.717) is 21.8 Å². The molecule has 0 atom stereocenters. The molecule has 1 aromatic heterocycles. The fraction of sp³-hybridized carbons (Fsp3) is 0.333. The van der Waals surface area contributed by atoms with E-state index in [9.17, 15) is 14.9 Å². The maximum Gasteiger partial charge on any atom is 0.234 e. The molecule has 0 aliphatic carbocycles. The molecule has 0 radical (unpaired) electrons. The lowest BCUT2D eigenvalue weighted by Gasteiger charge is -2.23. The van der Waals surface area contributed by atoms with Gasteiger partial charge in [-0.25, -0.2) is 4.98 Å². The molecule has 0 spiro atoms. The molecule has 1 amide bonds. The van der Waals surface area contributed by atoms with E-state index >= 15 is 0 Å². The molecule has 1 N–H and O–H groups in total. The van der Waals surface area contributed by atoms with Crippen molar-refractivity contribution in [3.8, 4) is 6.07 Å². The minimum absolute atomic E-state index is 0.0911. The summed E-state index contributed by atoms with van der Waals surface area (Å²) in [6, 6.07) is 11.3. The Hall–Kier alpha value is -2.65. The van der Waals surface area contributed by atoms with Gasteiger partial charge in [0.15, 0.2) is 5.78 Å². The van der Waals surface area contributed by atoms with Gasteiger partial charge in [-0.2, -0.15) is 5.26 Å². The van der Waals surface area contributed by atoms with Gasteiger partial charge in [-0.15, -0.1) is 0 Å². The van der Waals surface area contributed by atoms with Crippen LogP contribution in [-0.2, 0) is 10.2 Å². The van der Waals surface area contributed by atoms with E-state index in [0.717, 1.165) is 11.3 Å². The van der Waals surface area contributed by atoms with Gasteiger partial charge in [-0.3, -0.25) is 9.59 Å².